The van der Waals surface area contributed by atoms with Gasteiger partial charge in [-0.3, -0.25) is 14.4 Å². The smallest absolute Gasteiger partial charge is 0.253 e. The fourth-order valence-corrected chi connectivity index (χ4v) is 6.12. The molecule has 2 fully saturated rings. The number of likely N-dealkylation sites (N-methyl/N-ethyl adjacent to an activating group) is 1. The second-order valence-electron chi connectivity index (χ2n) is 11.4. The summed E-state index contributed by atoms with van der Waals surface area (Å²) in [6.45, 7) is 16.0. The summed E-state index contributed by atoms with van der Waals surface area (Å²) in [7, 11) is 0. The number of benzene rings is 1. The number of aryl methyl sites for hydroxylation is 2. The Balaban J connectivity index is 1.53. The molecule has 11 heteroatoms. The van der Waals surface area contributed by atoms with Gasteiger partial charge in [0.15, 0.2) is 0 Å². The molecule has 4 heterocycles. The van der Waals surface area contributed by atoms with Gasteiger partial charge in [0.2, 0.25) is 11.9 Å². The summed E-state index contributed by atoms with van der Waals surface area (Å²) in [5.41, 5.74) is 5.63. The standard InChI is InChI=1S/C33H41N7O4/c1-6-30(41)39-11-9-25(20-39)40(7-2)29-18-24(28-8-10-34-33(37-28)38-12-14-44-15-13-38)17-26(23(29)5)31(42)35-19-27-21(3)16-22(4)36-32(27)43/h6,8,10,16-18,25H,1,7,9,11-15,19-20H2,2-5H3,(H,35,42)(H,36,43). The van der Waals surface area contributed by atoms with Gasteiger partial charge >= 0.3 is 0 Å². The number of likely N-dealkylation sites (tertiary alicyclic amines) is 1. The van der Waals surface area contributed by atoms with E-state index in [1.165, 1.54) is 6.08 Å². The van der Waals surface area contributed by atoms with Crippen molar-refractivity contribution in [3.8, 4) is 11.3 Å². The number of carbonyl (C=O) groups excluding carboxylic acids is 2. The van der Waals surface area contributed by atoms with E-state index >= 15 is 0 Å². The molecule has 232 valence electrons. The largest absolute Gasteiger partial charge is 0.378 e. The molecule has 3 aromatic rings. The van der Waals surface area contributed by atoms with Gasteiger partial charge in [-0.05, 0) is 75.6 Å². The number of aromatic nitrogens is 3. The number of pyridine rings is 1. The molecular weight excluding hydrogens is 558 g/mol. The molecule has 2 saturated heterocycles. The van der Waals surface area contributed by atoms with Gasteiger partial charge < -0.3 is 29.7 Å². The first-order valence-electron chi connectivity index (χ1n) is 15.2. The Morgan fingerprint density at radius 2 is 1.95 bits per heavy atom. The Labute approximate surface area is 257 Å². The lowest BCUT2D eigenvalue weighted by Crippen LogP contribution is -2.39. The van der Waals surface area contributed by atoms with Gasteiger partial charge in [-0.25, -0.2) is 9.97 Å². The molecule has 1 unspecified atom stereocenters. The van der Waals surface area contributed by atoms with Gasteiger partial charge in [0.25, 0.3) is 11.5 Å². The summed E-state index contributed by atoms with van der Waals surface area (Å²) < 4.78 is 5.50. The summed E-state index contributed by atoms with van der Waals surface area (Å²) in [5.74, 6) is 0.264. The third-order valence-electron chi connectivity index (χ3n) is 8.52. The third-order valence-corrected chi connectivity index (χ3v) is 8.52. The molecule has 2 aromatic heterocycles. The second-order valence-corrected chi connectivity index (χ2v) is 11.4. The van der Waals surface area contributed by atoms with Gasteiger partial charge in [-0.2, -0.15) is 0 Å². The summed E-state index contributed by atoms with van der Waals surface area (Å²) in [6, 6.07) is 7.77. The van der Waals surface area contributed by atoms with E-state index in [1.807, 2.05) is 43.9 Å². The minimum absolute atomic E-state index is 0.0768. The van der Waals surface area contributed by atoms with E-state index < -0.39 is 0 Å². The number of nitrogens with one attached hydrogen (secondary N) is 2. The topological polar surface area (TPSA) is 124 Å². The Morgan fingerprint density at radius 1 is 1.18 bits per heavy atom. The van der Waals surface area contributed by atoms with E-state index in [9.17, 15) is 14.4 Å². The van der Waals surface area contributed by atoms with Crippen LogP contribution in [-0.4, -0.2) is 83.6 Å². The van der Waals surface area contributed by atoms with E-state index in [4.69, 9.17) is 9.72 Å². The molecule has 44 heavy (non-hydrogen) atoms. The van der Waals surface area contributed by atoms with Crippen LogP contribution in [0.5, 0.6) is 0 Å². The second kappa shape index (κ2) is 13.4. The van der Waals surface area contributed by atoms with Crippen molar-refractivity contribution in [2.45, 2.75) is 46.7 Å². The maximum absolute atomic E-state index is 13.8. The number of carbonyl (C=O) groups is 2. The number of anilines is 2. The maximum atomic E-state index is 13.8. The summed E-state index contributed by atoms with van der Waals surface area (Å²) >= 11 is 0. The van der Waals surface area contributed by atoms with Gasteiger partial charge in [0, 0.05) is 79.6 Å². The van der Waals surface area contributed by atoms with Crippen molar-refractivity contribution in [3.63, 3.8) is 0 Å². The Hall–Kier alpha value is -4.51. The summed E-state index contributed by atoms with van der Waals surface area (Å²) in [5, 5.41) is 2.99. The SMILES string of the molecule is C=CC(=O)N1CCC(N(CC)c2cc(-c3ccnc(N4CCOCC4)n3)cc(C(=O)NCc3c(C)cc(C)[nH]c3=O)c2C)C1. The van der Waals surface area contributed by atoms with Gasteiger partial charge in [-0.1, -0.05) is 6.58 Å². The van der Waals surface area contributed by atoms with Crippen LogP contribution < -0.4 is 20.7 Å². The number of rotatable bonds is 9. The highest BCUT2D eigenvalue weighted by molar-refractivity contribution is 5.98. The molecule has 0 spiro atoms. The van der Waals surface area contributed by atoms with Crippen molar-refractivity contribution in [2.24, 2.45) is 0 Å². The molecule has 11 nitrogen and oxygen atoms in total. The molecule has 5 rings (SSSR count). The summed E-state index contributed by atoms with van der Waals surface area (Å²) in [6.07, 6.45) is 3.91. The van der Waals surface area contributed by atoms with Crippen LogP contribution in [0.1, 0.15) is 46.1 Å². The average molecular weight is 600 g/mol. The summed E-state index contributed by atoms with van der Waals surface area (Å²) in [4.78, 5) is 57.2. The van der Waals surface area contributed by atoms with E-state index in [-0.39, 0.29) is 30.0 Å². The monoisotopic (exact) mass is 599 g/mol. The lowest BCUT2D eigenvalue weighted by molar-refractivity contribution is -0.125. The number of aromatic amines is 1. The Kier molecular flexibility index (Phi) is 9.43. The molecule has 0 saturated carbocycles. The van der Waals surface area contributed by atoms with Crippen LogP contribution in [-0.2, 0) is 16.1 Å². The first-order chi connectivity index (χ1) is 21.2. The number of ether oxygens (including phenoxy) is 1. The van der Waals surface area contributed by atoms with Crippen molar-refractivity contribution in [1.29, 1.82) is 0 Å². The normalized spacial score (nSPS) is 16.6. The predicted molar refractivity (Wildman–Crippen MR) is 171 cm³/mol. The highest BCUT2D eigenvalue weighted by Crippen LogP contribution is 2.34. The van der Waals surface area contributed by atoms with Crippen molar-refractivity contribution in [1.82, 2.24) is 25.2 Å². The first-order valence-corrected chi connectivity index (χ1v) is 15.2. The highest BCUT2D eigenvalue weighted by Gasteiger charge is 2.31. The van der Waals surface area contributed by atoms with Crippen LogP contribution in [0.3, 0.4) is 0 Å². The van der Waals surface area contributed by atoms with Crippen molar-refractivity contribution in [3.05, 3.63) is 81.4 Å². The number of hydrogen-bond donors (Lipinski definition) is 2. The Bertz CT molecular complexity index is 1610. The highest BCUT2D eigenvalue weighted by atomic mass is 16.5. The molecule has 1 aromatic carbocycles. The molecule has 2 aliphatic rings. The van der Waals surface area contributed by atoms with E-state index in [0.717, 1.165) is 34.5 Å². The maximum Gasteiger partial charge on any atom is 0.253 e. The molecule has 2 N–H and O–H groups in total. The van der Waals surface area contributed by atoms with Crippen molar-refractivity contribution in [2.75, 3.05) is 55.7 Å². The zero-order chi connectivity index (χ0) is 31.4. The number of H-pyrrole nitrogens is 1. The Morgan fingerprint density at radius 3 is 2.66 bits per heavy atom. The minimum atomic E-state index is -0.279. The van der Waals surface area contributed by atoms with Crippen LogP contribution in [0.4, 0.5) is 11.6 Å². The van der Waals surface area contributed by atoms with E-state index in [0.29, 0.717) is 68.7 Å². The molecule has 1 atom stereocenters. The number of nitrogens with zero attached hydrogens (tertiary/aromatic N) is 5. The molecule has 0 aliphatic carbocycles. The van der Waals surface area contributed by atoms with Gasteiger partial charge in [0.05, 0.1) is 18.9 Å². The zero-order valence-corrected chi connectivity index (χ0v) is 26.0. The van der Waals surface area contributed by atoms with Crippen molar-refractivity contribution < 1.29 is 14.3 Å². The van der Waals surface area contributed by atoms with Crippen LogP contribution in [0.25, 0.3) is 11.3 Å². The molecular formula is C33H41N7O4. The quantitative estimate of drug-likeness (QED) is 0.360. The molecule has 2 aliphatic heterocycles. The molecule has 0 radical (unpaired) electrons. The van der Waals surface area contributed by atoms with Crippen LogP contribution >= 0.6 is 0 Å². The van der Waals surface area contributed by atoms with Crippen LogP contribution in [0.2, 0.25) is 0 Å². The lowest BCUT2D eigenvalue weighted by atomic mass is 9.98. The minimum Gasteiger partial charge on any atom is -0.378 e. The number of amides is 2. The predicted octanol–water partition coefficient (Wildman–Crippen LogP) is 3.14. The van der Waals surface area contributed by atoms with Crippen LogP contribution in [0.15, 0.2) is 47.9 Å². The number of morpholine rings is 1. The van der Waals surface area contributed by atoms with Gasteiger partial charge in [0.1, 0.15) is 0 Å². The van der Waals surface area contributed by atoms with E-state index in [2.05, 4.69) is 44.7 Å². The average Bonchev–Trinajstić information content (AvgIpc) is 3.51. The fraction of sp³-hybridized carbons (Fsp3) is 0.424. The lowest BCUT2D eigenvalue weighted by Gasteiger charge is -2.32. The van der Waals surface area contributed by atoms with Crippen molar-refractivity contribution >= 4 is 23.5 Å². The van der Waals surface area contributed by atoms with E-state index in [1.54, 1.807) is 6.20 Å². The molecule has 2 amide bonds. The van der Waals surface area contributed by atoms with Gasteiger partial charge in [-0.15, -0.1) is 0 Å². The zero-order valence-electron chi connectivity index (χ0n) is 26.0. The third kappa shape index (κ3) is 6.52. The molecule has 0 bridgehead atoms. The first kappa shape index (κ1) is 30.9. The van der Waals surface area contributed by atoms with Crippen LogP contribution in [0, 0.1) is 20.8 Å². The number of hydrogen-bond acceptors (Lipinski definition) is 8. The fourth-order valence-electron chi connectivity index (χ4n) is 6.12.